The summed E-state index contributed by atoms with van der Waals surface area (Å²) >= 11 is 0. The molecule has 0 fully saturated rings. The predicted molar refractivity (Wildman–Crippen MR) is 94.8 cm³/mol. The predicted octanol–water partition coefficient (Wildman–Crippen LogP) is 5.37. The first-order valence-electron chi connectivity index (χ1n) is 8.88. The molecule has 120 valence electrons. The Morgan fingerprint density at radius 1 is 1.05 bits per heavy atom. The molecule has 0 aliphatic heterocycles. The van der Waals surface area contributed by atoms with Crippen LogP contribution < -0.4 is 5.32 Å². The first-order chi connectivity index (χ1) is 10.1. The first kappa shape index (κ1) is 18.2. The van der Waals surface area contributed by atoms with E-state index in [1.165, 1.54) is 49.7 Å². The van der Waals surface area contributed by atoms with Gasteiger partial charge < -0.3 is 5.32 Å². The fourth-order valence-electron chi connectivity index (χ4n) is 2.88. The van der Waals surface area contributed by atoms with Crippen LogP contribution in [0.5, 0.6) is 0 Å². The van der Waals surface area contributed by atoms with Crippen molar-refractivity contribution in [2.24, 2.45) is 11.8 Å². The minimum Gasteiger partial charge on any atom is -0.316 e. The Balaban J connectivity index is 2.45. The molecule has 1 N–H and O–H groups in total. The molecule has 0 aromatic heterocycles. The summed E-state index contributed by atoms with van der Waals surface area (Å²) in [5, 5.41) is 3.66. The van der Waals surface area contributed by atoms with Crippen molar-refractivity contribution in [3.63, 3.8) is 0 Å². The van der Waals surface area contributed by atoms with E-state index in [4.69, 9.17) is 0 Å². The molecule has 1 unspecified atom stereocenters. The fourth-order valence-corrected chi connectivity index (χ4v) is 2.88. The van der Waals surface area contributed by atoms with Crippen molar-refractivity contribution in [2.75, 3.05) is 13.1 Å². The van der Waals surface area contributed by atoms with Crippen molar-refractivity contribution in [1.82, 2.24) is 5.32 Å². The second kappa shape index (κ2) is 10.8. The van der Waals surface area contributed by atoms with Gasteiger partial charge in [-0.1, -0.05) is 76.3 Å². The summed E-state index contributed by atoms with van der Waals surface area (Å²) in [6, 6.07) is 9.02. The number of aryl methyl sites for hydroxylation is 1. The summed E-state index contributed by atoms with van der Waals surface area (Å²) in [6.07, 6.45) is 8.07. The van der Waals surface area contributed by atoms with E-state index in [1.54, 1.807) is 0 Å². The number of rotatable bonds is 11. The Morgan fingerprint density at radius 2 is 1.86 bits per heavy atom. The smallest absolute Gasteiger partial charge is 0.00172 e. The van der Waals surface area contributed by atoms with Gasteiger partial charge in [-0.3, -0.25) is 0 Å². The highest BCUT2D eigenvalue weighted by molar-refractivity contribution is 5.22. The van der Waals surface area contributed by atoms with Gasteiger partial charge in [-0.2, -0.15) is 0 Å². The normalized spacial score (nSPS) is 12.8. The van der Waals surface area contributed by atoms with E-state index in [-0.39, 0.29) is 0 Å². The summed E-state index contributed by atoms with van der Waals surface area (Å²) in [5.41, 5.74) is 2.88. The van der Waals surface area contributed by atoms with Crippen LogP contribution in [0.25, 0.3) is 0 Å². The molecule has 0 saturated heterocycles. The maximum absolute atomic E-state index is 3.66. The molecular weight excluding hydrogens is 254 g/mol. The van der Waals surface area contributed by atoms with Crippen LogP contribution in [0.15, 0.2) is 24.3 Å². The molecule has 1 rings (SSSR count). The lowest BCUT2D eigenvalue weighted by molar-refractivity contribution is 0.407. The molecule has 1 atom stereocenters. The van der Waals surface area contributed by atoms with Gasteiger partial charge in [-0.05, 0) is 50.3 Å². The van der Waals surface area contributed by atoms with Crippen LogP contribution >= 0.6 is 0 Å². The van der Waals surface area contributed by atoms with Gasteiger partial charge in [0.25, 0.3) is 0 Å². The molecule has 1 aromatic carbocycles. The highest BCUT2D eigenvalue weighted by atomic mass is 14.9. The van der Waals surface area contributed by atoms with Gasteiger partial charge in [0.1, 0.15) is 0 Å². The highest BCUT2D eigenvalue weighted by Gasteiger charge is 2.10. The Bertz CT molecular complexity index is 370. The third-order valence-electron chi connectivity index (χ3n) is 4.06. The van der Waals surface area contributed by atoms with Crippen LogP contribution in [-0.2, 0) is 6.42 Å². The van der Waals surface area contributed by atoms with E-state index >= 15 is 0 Å². The molecular formula is C20H35N. The quantitative estimate of drug-likeness (QED) is 0.540. The number of benzene rings is 1. The minimum atomic E-state index is 0.740. The van der Waals surface area contributed by atoms with E-state index in [9.17, 15) is 0 Å². The van der Waals surface area contributed by atoms with E-state index in [0.29, 0.717) is 0 Å². The lowest BCUT2D eigenvalue weighted by atomic mass is 9.92. The van der Waals surface area contributed by atoms with Gasteiger partial charge in [-0.25, -0.2) is 0 Å². The van der Waals surface area contributed by atoms with Gasteiger partial charge in [0.05, 0.1) is 0 Å². The van der Waals surface area contributed by atoms with Crippen LogP contribution in [0, 0.1) is 18.8 Å². The van der Waals surface area contributed by atoms with Crippen LogP contribution in [0.1, 0.15) is 64.0 Å². The zero-order valence-electron chi connectivity index (χ0n) is 14.6. The maximum atomic E-state index is 3.66. The molecule has 0 bridgehead atoms. The number of hydrogen-bond donors (Lipinski definition) is 1. The summed E-state index contributed by atoms with van der Waals surface area (Å²) < 4.78 is 0. The fraction of sp³-hybridized carbons (Fsp3) is 0.700. The second-order valence-electron chi connectivity index (χ2n) is 6.96. The zero-order chi connectivity index (χ0) is 15.5. The van der Waals surface area contributed by atoms with Crippen LogP contribution in [0.2, 0.25) is 0 Å². The number of nitrogens with one attached hydrogen (secondary N) is 1. The Hall–Kier alpha value is -0.820. The average molecular weight is 290 g/mol. The van der Waals surface area contributed by atoms with E-state index in [2.05, 4.69) is 57.3 Å². The molecule has 0 radical (unpaired) electrons. The van der Waals surface area contributed by atoms with E-state index in [1.807, 2.05) is 0 Å². The molecule has 1 nitrogen and oxygen atoms in total. The van der Waals surface area contributed by atoms with Crippen molar-refractivity contribution < 1.29 is 0 Å². The Labute approximate surface area is 132 Å². The summed E-state index contributed by atoms with van der Waals surface area (Å²) in [7, 11) is 0. The molecule has 1 heteroatoms. The average Bonchev–Trinajstić information content (AvgIpc) is 2.43. The lowest BCUT2D eigenvalue weighted by Gasteiger charge is -2.19. The lowest BCUT2D eigenvalue weighted by Crippen LogP contribution is -2.27. The third kappa shape index (κ3) is 8.93. The molecule has 0 saturated carbocycles. The van der Waals surface area contributed by atoms with Gasteiger partial charge in [0.15, 0.2) is 0 Å². The molecule has 0 aliphatic rings. The molecule has 0 heterocycles. The van der Waals surface area contributed by atoms with Crippen molar-refractivity contribution in [3.8, 4) is 0 Å². The zero-order valence-corrected chi connectivity index (χ0v) is 14.6. The largest absolute Gasteiger partial charge is 0.316 e. The van der Waals surface area contributed by atoms with Gasteiger partial charge >= 0.3 is 0 Å². The standard InChI is InChI=1S/C20H35N/c1-5-6-7-8-11-20(16-21-15-17(2)3)14-19-12-9-10-18(4)13-19/h9-10,12-13,17,20-21H,5-8,11,14-16H2,1-4H3. The molecule has 1 aromatic rings. The number of unbranched alkanes of at least 4 members (excludes halogenated alkanes) is 3. The van der Waals surface area contributed by atoms with Crippen LogP contribution in [0.4, 0.5) is 0 Å². The maximum Gasteiger partial charge on any atom is -0.00172 e. The summed E-state index contributed by atoms with van der Waals surface area (Å²) in [5.74, 6) is 1.52. The second-order valence-corrected chi connectivity index (χ2v) is 6.96. The van der Waals surface area contributed by atoms with Crippen molar-refractivity contribution in [2.45, 2.75) is 66.2 Å². The SMILES string of the molecule is CCCCCCC(CNCC(C)C)Cc1cccc(C)c1. The number of hydrogen-bond acceptors (Lipinski definition) is 1. The topological polar surface area (TPSA) is 12.0 Å². The molecule has 0 spiro atoms. The van der Waals surface area contributed by atoms with E-state index < -0.39 is 0 Å². The van der Waals surface area contributed by atoms with Crippen LogP contribution in [0.3, 0.4) is 0 Å². The van der Waals surface area contributed by atoms with E-state index in [0.717, 1.165) is 24.9 Å². The highest BCUT2D eigenvalue weighted by Crippen LogP contribution is 2.17. The third-order valence-corrected chi connectivity index (χ3v) is 4.06. The monoisotopic (exact) mass is 289 g/mol. The minimum absolute atomic E-state index is 0.740. The molecule has 0 aliphatic carbocycles. The van der Waals surface area contributed by atoms with Crippen LogP contribution in [-0.4, -0.2) is 13.1 Å². The van der Waals surface area contributed by atoms with Crippen molar-refractivity contribution in [1.29, 1.82) is 0 Å². The summed E-state index contributed by atoms with van der Waals surface area (Å²) in [6.45, 7) is 11.3. The van der Waals surface area contributed by atoms with Gasteiger partial charge in [0, 0.05) is 0 Å². The van der Waals surface area contributed by atoms with Crippen molar-refractivity contribution in [3.05, 3.63) is 35.4 Å². The molecule has 21 heavy (non-hydrogen) atoms. The summed E-state index contributed by atoms with van der Waals surface area (Å²) in [4.78, 5) is 0. The van der Waals surface area contributed by atoms with Crippen molar-refractivity contribution >= 4 is 0 Å². The molecule has 0 amide bonds. The van der Waals surface area contributed by atoms with Gasteiger partial charge in [-0.15, -0.1) is 0 Å². The Kier molecular flexibility index (Phi) is 9.41. The van der Waals surface area contributed by atoms with Gasteiger partial charge in [0.2, 0.25) is 0 Å². The first-order valence-corrected chi connectivity index (χ1v) is 8.88. The Morgan fingerprint density at radius 3 is 2.52 bits per heavy atom.